The van der Waals surface area contributed by atoms with Gasteiger partial charge in [0.15, 0.2) is 0 Å². The van der Waals surface area contributed by atoms with Crippen LogP contribution in [0.3, 0.4) is 0 Å². The van der Waals surface area contributed by atoms with Gasteiger partial charge in [0.05, 0.1) is 6.54 Å². The van der Waals surface area contributed by atoms with E-state index >= 15 is 0 Å². The van der Waals surface area contributed by atoms with Gasteiger partial charge >= 0.3 is 6.03 Å². The topological polar surface area (TPSA) is 90.5 Å². The van der Waals surface area contributed by atoms with E-state index in [0.29, 0.717) is 25.9 Å². The van der Waals surface area contributed by atoms with E-state index in [2.05, 4.69) is 16.0 Å². The van der Waals surface area contributed by atoms with Crippen molar-refractivity contribution in [1.29, 1.82) is 0 Å². The summed E-state index contributed by atoms with van der Waals surface area (Å²) in [6.07, 6.45) is 0.900. The van der Waals surface area contributed by atoms with Gasteiger partial charge in [-0.15, -0.1) is 0 Å². The van der Waals surface area contributed by atoms with Crippen molar-refractivity contribution >= 4 is 17.8 Å². The fourth-order valence-corrected chi connectivity index (χ4v) is 2.37. The molecule has 2 heterocycles. The Bertz CT molecular complexity index is 384. The molecular weight excluding hydrogens is 236 g/mol. The van der Waals surface area contributed by atoms with Crippen LogP contribution in [0.4, 0.5) is 4.79 Å². The molecule has 2 fully saturated rings. The first-order valence-corrected chi connectivity index (χ1v) is 6.19. The molecule has 0 bridgehead atoms. The van der Waals surface area contributed by atoms with Crippen LogP contribution in [0.1, 0.15) is 19.8 Å². The summed E-state index contributed by atoms with van der Waals surface area (Å²) in [6, 6.07) is -0.470. The number of carbonyl (C=O) groups excluding carboxylic acids is 3. The quantitative estimate of drug-likeness (QED) is 0.434. The fourth-order valence-electron chi connectivity index (χ4n) is 2.37. The standard InChI is InChI=1S/C11H18N4O3/c1-2-12-5-3-8(16)15-6-4-11(7-15)9(17)13-10(18)14-11/h12H,2-7H2,1H3,(H2,13,14,17,18). The summed E-state index contributed by atoms with van der Waals surface area (Å²) < 4.78 is 0. The number of urea groups is 1. The Morgan fingerprint density at radius 2 is 2.28 bits per heavy atom. The molecule has 7 heteroatoms. The van der Waals surface area contributed by atoms with Crippen molar-refractivity contribution in [3.8, 4) is 0 Å². The van der Waals surface area contributed by atoms with Crippen molar-refractivity contribution in [1.82, 2.24) is 20.9 Å². The number of hydrogen-bond acceptors (Lipinski definition) is 4. The largest absolute Gasteiger partial charge is 0.340 e. The van der Waals surface area contributed by atoms with E-state index in [0.717, 1.165) is 6.54 Å². The lowest BCUT2D eigenvalue weighted by Gasteiger charge is -2.21. The van der Waals surface area contributed by atoms with Crippen molar-refractivity contribution in [2.45, 2.75) is 25.3 Å². The maximum Gasteiger partial charge on any atom is 0.322 e. The third-order valence-electron chi connectivity index (χ3n) is 3.40. The molecule has 7 nitrogen and oxygen atoms in total. The first kappa shape index (κ1) is 12.8. The highest BCUT2D eigenvalue weighted by Crippen LogP contribution is 2.24. The predicted octanol–water partition coefficient (Wildman–Crippen LogP) is -1.20. The summed E-state index contributed by atoms with van der Waals surface area (Å²) in [5.41, 5.74) is -0.898. The van der Waals surface area contributed by atoms with Gasteiger partial charge in [-0.05, 0) is 13.0 Å². The minimum Gasteiger partial charge on any atom is -0.340 e. The molecular formula is C11H18N4O3. The Morgan fingerprint density at radius 1 is 1.50 bits per heavy atom. The van der Waals surface area contributed by atoms with Crippen LogP contribution >= 0.6 is 0 Å². The molecule has 0 aromatic carbocycles. The minimum atomic E-state index is -0.898. The second kappa shape index (κ2) is 4.93. The van der Waals surface area contributed by atoms with E-state index in [9.17, 15) is 14.4 Å². The monoisotopic (exact) mass is 254 g/mol. The van der Waals surface area contributed by atoms with E-state index in [1.807, 2.05) is 6.92 Å². The normalized spacial score (nSPS) is 26.6. The molecule has 4 amide bonds. The number of imide groups is 1. The second-order valence-corrected chi connectivity index (χ2v) is 4.66. The van der Waals surface area contributed by atoms with Crippen molar-refractivity contribution in [3.63, 3.8) is 0 Å². The van der Waals surface area contributed by atoms with Gasteiger partial charge in [-0.2, -0.15) is 0 Å². The highest BCUT2D eigenvalue weighted by molar-refractivity contribution is 6.07. The number of rotatable bonds is 4. The van der Waals surface area contributed by atoms with E-state index in [1.54, 1.807) is 4.90 Å². The predicted molar refractivity (Wildman–Crippen MR) is 63.8 cm³/mol. The van der Waals surface area contributed by atoms with Crippen molar-refractivity contribution < 1.29 is 14.4 Å². The molecule has 100 valence electrons. The molecule has 2 aliphatic rings. The van der Waals surface area contributed by atoms with Crippen molar-refractivity contribution in [2.75, 3.05) is 26.2 Å². The Labute approximate surface area is 105 Å². The number of amides is 4. The third kappa shape index (κ3) is 2.31. The first-order chi connectivity index (χ1) is 8.57. The maximum absolute atomic E-state index is 11.9. The number of likely N-dealkylation sites (tertiary alicyclic amines) is 1. The first-order valence-electron chi connectivity index (χ1n) is 6.19. The maximum atomic E-state index is 11.9. The zero-order chi connectivity index (χ0) is 13.2. The molecule has 0 aliphatic carbocycles. The summed E-state index contributed by atoms with van der Waals surface area (Å²) in [5.74, 6) is -0.309. The van der Waals surface area contributed by atoms with E-state index in [-0.39, 0.29) is 18.4 Å². The summed E-state index contributed by atoms with van der Waals surface area (Å²) >= 11 is 0. The van der Waals surface area contributed by atoms with Crippen LogP contribution < -0.4 is 16.0 Å². The van der Waals surface area contributed by atoms with Crippen LogP contribution in [-0.4, -0.2) is 54.5 Å². The second-order valence-electron chi connectivity index (χ2n) is 4.66. The average molecular weight is 254 g/mol. The van der Waals surface area contributed by atoms with Gasteiger partial charge in [-0.25, -0.2) is 4.79 Å². The zero-order valence-electron chi connectivity index (χ0n) is 10.4. The number of nitrogens with zero attached hydrogens (tertiary/aromatic N) is 1. The van der Waals surface area contributed by atoms with Gasteiger partial charge in [0.1, 0.15) is 5.54 Å². The Kier molecular flexibility index (Phi) is 3.51. The molecule has 0 aromatic heterocycles. The molecule has 2 rings (SSSR count). The fraction of sp³-hybridized carbons (Fsp3) is 0.727. The van der Waals surface area contributed by atoms with Crippen LogP contribution in [0.15, 0.2) is 0 Å². The van der Waals surface area contributed by atoms with Crippen molar-refractivity contribution in [2.24, 2.45) is 0 Å². The molecule has 1 spiro atoms. The SMILES string of the molecule is CCNCCC(=O)N1CCC2(C1)NC(=O)NC2=O. The summed E-state index contributed by atoms with van der Waals surface area (Å²) in [5, 5.41) is 7.93. The zero-order valence-corrected chi connectivity index (χ0v) is 10.4. The Hall–Kier alpha value is -1.63. The van der Waals surface area contributed by atoms with Gasteiger partial charge in [0.25, 0.3) is 5.91 Å². The molecule has 1 atom stereocenters. The van der Waals surface area contributed by atoms with Crippen molar-refractivity contribution in [3.05, 3.63) is 0 Å². The lowest BCUT2D eigenvalue weighted by atomic mass is 10.00. The number of carbonyl (C=O) groups is 3. The van der Waals surface area contributed by atoms with Gasteiger partial charge in [0, 0.05) is 19.5 Å². The molecule has 1 unspecified atom stereocenters. The Balaban J connectivity index is 1.90. The molecule has 2 aliphatic heterocycles. The highest BCUT2D eigenvalue weighted by atomic mass is 16.2. The summed E-state index contributed by atoms with van der Waals surface area (Å²) in [7, 11) is 0. The molecule has 18 heavy (non-hydrogen) atoms. The van der Waals surface area contributed by atoms with Gasteiger partial charge in [-0.1, -0.05) is 6.92 Å². The summed E-state index contributed by atoms with van der Waals surface area (Å²) in [4.78, 5) is 36.4. The minimum absolute atomic E-state index is 0.0155. The van der Waals surface area contributed by atoms with Crippen LogP contribution in [0, 0.1) is 0 Å². The van der Waals surface area contributed by atoms with Gasteiger partial charge < -0.3 is 15.5 Å². The van der Waals surface area contributed by atoms with Crippen LogP contribution in [0.25, 0.3) is 0 Å². The van der Waals surface area contributed by atoms with Crippen LogP contribution in [-0.2, 0) is 9.59 Å². The number of hydrogen-bond donors (Lipinski definition) is 3. The average Bonchev–Trinajstić information content (AvgIpc) is 2.85. The molecule has 3 N–H and O–H groups in total. The third-order valence-corrected chi connectivity index (χ3v) is 3.40. The van der Waals surface area contributed by atoms with E-state index in [4.69, 9.17) is 0 Å². The van der Waals surface area contributed by atoms with Gasteiger partial charge in [0.2, 0.25) is 5.91 Å². The molecule has 0 radical (unpaired) electrons. The highest BCUT2D eigenvalue weighted by Gasteiger charge is 2.51. The lowest BCUT2D eigenvalue weighted by Crippen LogP contribution is -2.49. The van der Waals surface area contributed by atoms with E-state index < -0.39 is 11.6 Å². The summed E-state index contributed by atoms with van der Waals surface area (Å²) in [6.45, 7) is 4.23. The molecule has 0 aromatic rings. The lowest BCUT2D eigenvalue weighted by molar-refractivity contribution is -0.130. The Morgan fingerprint density at radius 3 is 2.89 bits per heavy atom. The molecule has 2 saturated heterocycles. The van der Waals surface area contributed by atoms with Crippen LogP contribution in [0.5, 0.6) is 0 Å². The van der Waals surface area contributed by atoms with Gasteiger partial charge in [-0.3, -0.25) is 14.9 Å². The number of nitrogens with one attached hydrogen (secondary N) is 3. The smallest absolute Gasteiger partial charge is 0.322 e. The van der Waals surface area contributed by atoms with Crippen LogP contribution in [0.2, 0.25) is 0 Å². The van der Waals surface area contributed by atoms with E-state index in [1.165, 1.54) is 0 Å². The molecule has 0 saturated carbocycles.